The van der Waals surface area contributed by atoms with Gasteiger partial charge >= 0.3 is 0 Å². The summed E-state index contributed by atoms with van der Waals surface area (Å²) in [4.78, 5) is 14.7. The molecule has 18 heavy (non-hydrogen) atoms. The van der Waals surface area contributed by atoms with Crippen LogP contribution in [0.4, 0.5) is 11.9 Å². The smallest absolute Gasteiger partial charge is 0.228 e. The summed E-state index contributed by atoms with van der Waals surface area (Å²) in [5.74, 6) is 1.01. The Balaban J connectivity index is 1.95. The molecule has 1 aliphatic rings. The maximum Gasteiger partial charge on any atom is 0.228 e. The van der Waals surface area contributed by atoms with Crippen LogP contribution in [0.1, 0.15) is 19.8 Å². The first-order valence-corrected chi connectivity index (χ1v) is 6.68. The van der Waals surface area contributed by atoms with Crippen LogP contribution in [-0.2, 0) is 0 Å². The van der Waals surface area contributed by atoms with Crippen LogP contribution < -0.4 is 10.6 Å². The Hall–Kier alpha value is -1.14. The van der Waals surface area contributed by atoms with Crippen molar-refractivity contribution in [2.75, 3.05) is 37.3 Å². The highest BCUT2D eigenvalue weighted by Gasteiger charge is 2.22. The van der Waals surface area contributed by atoms with Gasteiger partial charge in [0.25, 0.3) is 0 Å². The van der Waals surface area contributed by atoms with Crippen molar-refractivity contribution >= 4 is 23.5 Å². The Bertz CT molecular complexity index is 399. The number of nitrogens with zero attached hydrogens (tertiary/aromatic N) is 4. The normalized spacial score (nSPS) is 20.1. The van der Waals surface area contributed by atoms with E-state index in [1.807, 2.05) is 0 Å². The summed E-state index contributed by atoms with van der Waals surface area (Å²) in [6.07, 6.45) is 2.48. The third-order valence-electron chi connectivity index (χ3n) is 3.23. The van der Waals surface area contributed by atoms with Crippen LogP contribution in [0.25, 0.3) is 0 Å². The number of likely N-dealkylation sites (tertiary alicyclic amines) is 1. The molecule has 1 unspecified atom stereocenters. The fourth-order valence-electron chi connectivity index (χ4n) is 2.29. The van der Waals surface area contributed by atoms with Crippen LogP contribution in [0.15, 0.2) is 0 Å². The van der Waals surface area contributed by atoms with Gasteiger partial charge in [0, 0.05) is 19.6 Å². The first-order chi connectivity index (χ1) is 8.72. The van der Waals surface area contributed by atoms with Crippen molar-refractivity contribution in [3.8, 4) is 0 Å². The summed E-state index contributed by atoms with van der Waals surface area (Å²) < 4.78 is 0. The van der Waals surface area contributed by atoms with Crippen LogP contribution in [0, 0.1) is 0 Å². The Kier molecular flexibility index (Phi) is 4.54. The molecule has 0 aromatic carbocycles. The second-order valence-corrected chi connectivity index (χ2v) is 4.65. The molecule has 1 aliphatic heterocycles. The molecule has 2 heterocycles. The summed E-state index contributed by atoms with van der Waals surface area (Å²) in [7, 11) is 1.76. The van der Waals surface area contributed by atoms with Gasteiger partial charge in [0.1, 0.15) is 0 Å². The molecule has 2 rings (SSSR count). The second-order valence-electron chi connectivity index (χ2n) is 4.31. The molecule has 1 atom stereocenters. The van der Waals surface area contributed by atoms with Crippen molar-refractivity contribution in [3.63, 3.8) is 0 Å². The third-order valence-corrected chi connectivity index (χ3v) is 3.40. The van der Waals surface area contributed by atoms with Gasteiger partial charge in [-0.15, -0.1) is 0 Å². The molecule has 6 nitrogen and oxygen atoms in total. The highest BCUT2D eigenvalue weighted by Crippen LogP contribution is 2.17. The zero-order valence-electron chi connectivity index (χ0n) is 10.8. The van der Waals surface area contributed by atoms with Crippen molar-refractivity contribution in [1.29, 1.82) is 0 Å². The zero-order chi connectivity index (χ0) is 13.0. The SMILES string of the molecule is CCN1CCCC1CNc1nc(Cl)nc(NC)n1. The number of likely N-dealkylation sites (N-methyl/N-ethyl adjacent to an activating group) is 1. The Morgan fingerprint density at radius 1 is 1.33 bits per heavy atom. The van der Waals surface area contributed by atoms with Crippen molar-refractivity contribution in [3.05, 3.63) is 5.28 Å². The van der Waals surface area contributed by atoms with E-state index in [-0.39, 0.29) is 5.28 Å². The van der Waals surface area contributed by atoms with E-state index in [0.717, 1.165) is 13.1 Å². The van der Waals surface area contributed by atoms with E-state index in [2.05, 4.69) is 37.4 Å². The minimum Gasteiger partial charge on any atom is -0.357 e. The van der Waals surface area contributed by atoms with Gasteiger partial charge in [-0.25, -0.2) is 0 Å². The maximum absolute atomic E-state index is 5.83. The quantitative estimate of drug-likeness (QED) is 0.845. The van der Waals surface area contributed by atoms with Crippen molar-refractivity contribution in [2.45, 2.75) is 25.8 Å². The summed E-state index contributed by atoms with van der Waals surface area (Å²) in [5.41, 5.74) is 0. The fraction of sp³-hybridized carbons (Fsp3) is 0.727. The molecule has 1 aromatic heterocycles. The number of hydrogen-bond donors (Lipinski definition) is 2. The van der Waals surface area contributed by atoms with Crippen LogP contribution in [0.2, 0.25) is 5.28 Å². The van der Waals surface area contributed by atoms with E-state index >= 15 is 0 Å². The van der Waals surface area contributed by atoms with E-state index in [1.54, 1.807) is 7.05 Å². The predicted molar refractivity (Wildman–Crippen MR) is 73.1 cm³/mol. The van der Waals surface area contributed by atoms with Gasteiger partial charge in [-0.2, -0.15) is 15.0 Å². The van der Waals surface area contributed by atoms with Gasteiger partial charge in [-0.05, 0) is 37.5 Å². The molecule has 1 fully saturated rings. The Labute approximate surface area is 112 Å². The van der Waals surface area contributed by atoms with Crippen LogP contribution >= 0.6 is 11.6 Å². The van der Waals surface area contributed by atoms with Crippen LogP contribution in [-0.4, -0.2) is 52.6 Å². The number of hydrogen-bond acceptors (Lipinski definition) is 6. The number of nitrogens with one attached hydrogen (secondary N) is 2. The lowest BCUT2D eigenvalue weighted by Gasteiger charge is -2.22. The lowest BCUT2D eigenvalue weighted by atomic mass is 10.2. The number of aromatic nitrogens is 3. The van der Waals surface area contributed by atoms with E-state index in [9.17, 15) is 0 Å². The molecular weight excluding hydrogens is 252 g/mol. The molecule has 0 bridgehead atoms. The molecule has 2 N–H and O–H groups in total. The minimum atomic E-state index is 0.204. The highest BCUT2D eigenvalue weighted by atomic mass is 35.5. The molecule has 0 aliphatic carbocycles. The Morgan fingerprint density at radius 3 is 2.83 bits per heavy atom. The molecular formula is C11H19ClN6. The van der Waals surface area contributed by atoms with E-state index in [1.165, 1.54) is 19.4 Å². The number of anilines is 2. The zero-order valence-corrected chi connectivity index (χ0v) is 11.5. The highest BCUT2D eigenvalue weighted by molar-refractivity contribution is 6.28. The average molecular weight is 271 g/mol. The van der Waals surface area contributed by atoms with E-state index in [4.69, 9.17) is 11.6 Å². The van der Waals surface area contributed by atoms with Gasteiger partial charge in [0.05, 0.1) is 0 Å². The first-order valence-electron chi connectivity index (χ1n) is 6.30. The van der Waals surface area contributed by atoms with Gasteiger partial charge in [-0.3, -0.25) is 4.90 Å². The molecule has 0 radical (unpaired) electrons. The lowest BCUT2D eigenvalue weighted by molar-refractivity contribution is 0.277. The summed E-state index contributed by atoms with van der Waals surface area (Å²) in [6.45, 7) is 5.31. The molecule has 1 saturated heterocycles. The standard InChI is InChI=1S/C11H19ClN6/c1-3-18-6-4-5-8(18)7-14-11-16-9(12)15-10(13-2)17-11/h8H,3-7H2,1-2H3,(H2,13,14,15,16,17). The van der Waals surface area contributed by atoms with Gasteiger partial charge < -0.3 is 10.6 Å². The molecule has 0 spiro atoms. The van der Waals surface area contributed by atoms with Crippen molar-refractivity contribution < 1.29 is 0 Å². The first kappa shape index (κ1) is 13.3. The van der Waals surface area contributed by atoms with Crippen LogP contribution in [0.5, 0.6) is 0 Å². The van der Waals surface area contributed by atoms with Crippen molar-refractivity contribution in [1.82, 2.24) is 19.9 Å². The lowest BCUT2D eigenvalue weighted by Crippen LogP contribution is -2.35. The van der Waals surface area contributed by atoms with E-state index < -0.39 is 0 Å². The summed E-state index contributed by atoms with van der Waals surface area (Å²) >= 11 is 5.83. The van der Waals surface area contributed by atoms with Gasteiger partial charge in [-0.1, -0.05) is 6.92 Å². The van der Waals surface area contributed by atoms with Gasteiger partial charge in [0.15, 0.2) is 0 Å². The summed E-state index contributed by atoms with van der Waals surface area (Å²) in [6, 6.07) is 0.559. The Morgan fingerprint density at radius 2 is 2.11 bits per heavy atom. The fourth-order valence-corrected chi connectivity index (χ4v) is 2.45. The molecule has 7 heteroatoms. The van der Waals surface area contributed by atoms with Gasteiger partial charge in [0.2, 0.25) is 17.2 Å². The number of halogens is 1. The predicted octanol–water partition coefficient (Wildman–Crippen LogP) is 1.46. The van der Waals surface area contributed by atoms with E-state index in [0.29, 0.717) is 17.9 Å². The third kappa shape index (κ3) is 3.20. The molecule has 100 valence electrons. The monoisotopic (exact) mass is 270 g/mol. The second kappa shape index (κ2) is 6.15. The van der Waals surface area contributed by atoms with Crippen molar-refractivity contribution in [2.24, 2.45) is 0 Å². The minimum absolute atomic E-state index is 0.204. The molecule has 0 saturated carbocycles. The molecule has 1 aromatic rings. The van der Waals surface area contributed by atoms with Crippen LogP contribution in [0.3, 0.4) is 0 Å². The number of rotatable bonds is 5. The largest absolute Gasteiger partial charge is 0.357 e. The average Bonchev–Trinajstić information content (AvgIpc) is 2.83. The summed E-state index contributed by atoms with van der Waals surface area (Å²) in [5, 5.41) is 6.30. The maximum atomic E-state index is 5.83. The molecule has 0 amide bonds. The topological polar surface area (TPSA) is 66.0 Å².